The molecule has 1 aromatic carbocycles. The third-order valence-electron chi connectivity index (χ3n) is 5.58. The third-order valence-corrected chi connectivity index (χ3v) is 5.58. The van der Waals surface area contributed by atoms with Crippen molar-refractivity contribution in [1.82, 2.24) is 16.0 Å². The van der Waals surface area contributed by atoms with Crippen LogP contribution in [0.3, 0.4) is 0 Å². The highest BCUT2D eigenvalue weighted by atomic mass is 16.5. The fourth-order valence-electron chi connectivity index (χ4n) is 3.62. The molecule has 0 bridgehead atoms. The molecule has 10 heteroatoms. The monoisotopic (exact) mass is 507 g/mol. The van der Waals surface area contributed by atoms with E-state index in [1.807, 2.05) is 44.2 Å². The van der Waals surface area contributed by atoms with E-state index in [1.165, 1.54) is 0 Å². The Labute approximate surface area is 213 Å². The molecule has 36 heavy (non-hydrogen) atoms. The van der Waals surface area contributed by atoms with Crippen LogP contribution in [0.1, 0.15) is 59.9 Å². The maximum Gasteiger partial charge on any atom is 0.408 e. The Morgan fingerprint density at radius 3 is 1.86 bits per heavy atom. The van der Waals surface area contributed by atoms with Gasteiger partial charge >= 0.3 is 12.1 Å². The summed E-state index contributed by atoms with van der Waals surface area (Å²) >= 11 is 0. The molecule has 0 saturated heterocycles. The second-order valence-corrected chi connectivity index (χ2v) is 10.1. The highest BCUT2D eigenvalue weighted by molar-refractivity contribution is 5.91. The number of amides is 3. The van der Waals surface area contributed by atoms with E-state index in [-0.39, 0.29) is 24.4 Å². The molecule has 1 rings (SSSR count). The van der Waals surface area contributed by atoms with Gasteiger partial charge in [-0.25, -0.2) is 4.79 Å². The van der Waals surface area contributed by atoms with Gasteiger partial charge < -0.3 is 30.9 Å². The first-order chi connectivity index (χ1) is 16.8. The second kappa shape index (κ2) is 15.1. The zero-order valence-electron chi connectivity index (χ0n) is 22.0. The summed E-state index contributed by atoms with van der Waals surface area (Å²) in [6.07, 6.45) is -2.18. The lowest BCUT2D eigenvalue weighted by atomic mass is 9.95. The van der Waals surface area contributed by atoms with E-state index in [0.29, 0.717) is 6.42 Å². The Balaban J connectivity index is 2.87. The molecule has 0 heterocycles. The predicted octanol–water partition coefficient (Wildman–Crippen LogP) is 2.44. The number of hydrogen-bond donors (Lipinski definition) is 5. The van der Waals surface area contributed by atoms with Gasteiger partial charge in [0.2, 0.25) is 11.8 Å². The van der Waals surface area contributed by atoms with Gasteiger partial charge in [-0.05, 0) is 29.7 Å². The van der Waals surface area contributed by atoms with Gasteiger partial charge in [0, 0.05) is 0 Å². The molecule has 0 aliphatic rings. The highest BCUT2D eigenvalue weighted by Gasteiger charge is 2.33. The number of alkyl carbamates (subject to hydrolysis) is 1. The van der Waals surface area contributed by atoms with Crippen LogP contribution >= 0.6 is 0 Å². The molecular formula is C26H41N3O7. The fraction of sp³-hybridized carbons (Fsp3) is 0.615. The number of carbonyl (C=O) groups excluding carboxylic acids is 3. The standard InChI is InChI=1S/C26H41N3O7/c1-15(2)12-19(20(30)13-21(31)32)27-24(33)22(16(3)4)28-25(34)23(17(5)6)29-26(35)36-14-18-10-8-7-9-11-18/h7-11,15-17,19-20,22-23,30H,12-14H2,1-6H3,(H,27,33)(H,28,34)(H,29,35)(H,31,32)/t19-,20-,22-,23-/m0/s1. The molecule has 0 aromatic heterocycles. The van der Waals surface area contributed by atoms with Gasteiger partial charge in [-0.3, -0.25) is 14.4 Å². The maximum absolute atomic E-state index is 13.1. The summed E-state index contributed by atoms with van der Waals surface area (Å²) in [5.74, 6) is -2.80. The topological polar surface area (TPSA) is 154 Å². The summed E-state index contributed by atoms with van der Waals surface area (Å²) in [6, 6.07) is 6.41. The number of rotatable bonds is 14. The Morgan fingerprint density at radius 2 is 1.36 bits per heavy atom. The molecule has 0 unspecified atom stereocenters. The van der Waals surface area contributed by atoms with E-state index >= 15 is 0 Å². The number of aliphatic hydroxyl groups is 1. The Kier molecular flexibility index (Phi) is 12.9. The van der Waals surface area contributed by atoms with Crippen molar-refractivity contribution < 1.29 is 34.1 Å². The largest absolute Gasteiger partial charge is 0.481 e. The first kappa shape index (κ1) is 30.9. The van der Waals surface area contributed by atoms with E-state index in [4.69, 9.17) is 9.84 Å². The first-order valence-corrected chi connectivity index (χ1v) is 12.3. The summed E-state index contributed by atoms with van der Waals surface area (Å²) in [7, 11) is 0. The molecule has 0 fully saturated rings. The van der Waals surface area contributed by atoms with Gasteiger partial charge in [-0.1, -0.05) is 71.9 Å². The Morgan fingerprint density at radius 1 is 0.833 bits per heavy atom. The molecule has 10 nitrogen and oxygen atoms in total. The SMILES string of the molecule is CC(C)C[C@H](NC(=O)[C@@H](NC(=O)[C@@H](NC(=O)OCc1ccccc1)C(C)C)C(C)C)[C@@H](O)CC(=O)O. The zero-order valence-corrected chi connectivity index (χ0v) is 22.0. The number of nitrogens with one attached hydrogen (secondary N) is 3. The number of aliphatic hydroxyl groups excluding tert-OH is 1. The lowest BCUT2D eigenvalue weighted by molar-refractivity contribution is -0.140. The smallest absolute Gasteiger partial charge is 0.408 e. The lowest BCUT2D eigenvalue weighted by Gasteiger charge is -2.30. The van der Waals surface area contributed by atoms with Crippen LogP contribution in [0.4, 0.5) is 4.79 Å². The predicted molar refractivity (Wildman–Crippen MR) is 135 cm³/mol. The van der Waals surface area contributed by atoms with Crippen molar-refractivity contribution in [2.45, 2.75) is 85.2 Å². The summed E-state index contributed by atoms with van der Waals surface area (Å²) in [4.78, 5) is 49.5. The van der Waals surface area contributed by atoms with E-state index < -0.39 is 54.5 Å². The molecular weight excluding hydrogens is 466 g/mol. The van der Waals surface area contributed by atoms with Crippen molar-refractivity contribution >= 4 is 23.9 Å². The van der Waals surface area contributed by atoms with E-state index in [9.17, 15) is 24.3 Å². The molecule has 0 saturated carbocycles. The first-order valence-electron chi connectivity index (χ1n) is 12.3. The summed E-state index contributed by atoms with van der Waals surface area (Å²) < 4.78 is 5.22. The molecule has 0 aliphatic carbocycles. The quantitative estimate of drug-likeness (QED) is 0.259. The van der Waals surface area contributed by atoms with Crippen molar-refractivity contribution in [3.8, 4) is 0 Å². The van der Waals surface area contributed by atoms with Crippen LogP contribution in [0.2, 0.25) is 0 Å². The normalized spacial score (nSPS) is 14.6. The average Bonchev–Trinajstić information content (AvgIpc) is 2.78. The molecule has 5 N–H and O–H groups in total. The van der Waals surface area contributed by atoms with Crippen molar-refractivity contribution in [2.24, 2.45) is 17.8 Å². The van der Waals surface area contributed by atoms with Gasteiger partial charge in [0.15, 0.2) is 0 Å². The van der Waals surface area contributed by atoms with Crippen LogP contribution in [0.15, 0.2) is 30.3 Å². The Bertz CT molecular complexity index is 858. The number of benzene rings is 1. The minimum atomic E-state index is -1.28. The van der Waals surface area contributed by atoms with Crippen LogP contribution in [-0.4, -0.2) is 58.3 Å². The van der Waals surface area contributed by atoms with Crippen molar-refractivity contribution in [2.75, 3.05) is 0 Å². The Hall–Kier alpha value is -3.14. The maximum atomic E-state index is 13.1. The van der Waals surface area contributed by atoms with Gasteiger partial charge in [0.1, 0.15) is 18.7 Å². The van der Waals surface area contributed by atoms with E-state index in [0.717, 1.165) is 5.56 Å². The summed E-state index contributed by atoms with van der Waals surface area (Å²) in [6.45, 7) is 10.9. The molecule has 1 aromatic rings. The summed E-state index contributed by atoms with van der Waals surface area (Å²) in [5.41, 5.74) is 0.802. The van der Waals surface area contributed by atoms with Crippen LogP contribution in [-0.2, 0) is 25.7 Å². The lowest BCUT2D eigenvalue weighted by Crippen LogP contribution is -2.59. The molecule has 202 valence electrons. The molecule has 0 aliphatic heterocycles. The number of carbonyl (C=O) groups is 4. The number of carboxylic acid groups (broad SMARTS) is 1. The zero-order chi connectivity index (χ0) is 27.4. The molecule has 3 amide bonds. The minimum absolute atomic E-state index is 0.0477. The number of hydrogen-bond acceptors (Lipinski definition) is 6. The van der Waals surface area contributed by atoms with Crippen molar-refractivity contribution in [3.05, 3.63) is 35.9 Å². The van der Waals surface area contributed by atoms with Crippen molar-refractivity contribution in [3.63, 3.8) is 0 Å². The highest BCUT2D eigenvalue weighted by Crippen LogP contribution is 2.13. The van der Waals surface area contributed by atoms with Crippen LogP contribution < -0.4 is 16.0 Å². The second-order valence-electron chi connectivity index (χ2n) is 10.1. The van der Waals surface area contributed by atoms with Crippen LogP contribution in [0.25, 0.3) is 0 Å². The molecule has 0 spiro atoms. The average molecular weight is 508 g/mol. The van der Waals surface area contributed by atoms with Crippen LogP contribution in [0, 0.1) is 17.8 Å². The van der Waals surface area contributed by atoms with Crippen LogP contribution in [0.5, 0.6) is 0 Å². The van der Waals surface area contributed by atoms with Gasteiger partial charge in [0.05, 0.1) is 18.6 Å². The third kappa shape index (κ3) is 11.1. The van der Waals surface area contributed by atoms with E-state index in [1.54, 1.807) is 27.7 Å². The summed E-state index contributed by atoms with van der Waals surface area (Å²) in [5, 5.41) is 27.3. The molecule has 4 atom stereocenters. The number of ether oxygens (including phenoxy) is 1. The minimum Gasteiger partial charge on any atom is -0.481 e. The molecule has 0 radical (unpaired) electrons. The number of carboxylic acids is 1. The van der Waals surface area contributed by atoms with E-state index in [2.05, 4.69) is 16.0 Å². The van der Waals surface area contributed by atoms with Crippen molar-refractivity contribution in [1.29, 1.82) is 0 Å². The van der Waals surface area contributed by atoms with Gasteiger partial charge in [-0.15, -0.1) is 0 Å². The van der Waals surface area contributed by atoms with Gasteiger partial charge in [-0.2, -0.15) is 0 Å². The fourth-order valence-corrected chi connectivity index (χ4v) is 3.62. The number of aliphatic carboxylic acids is 1. The van der Waals surface area contributed by atoms with Gasteiger partial charge in [0.25, 0.3) is 0 Å².